The van der Waals surface area contributed by atoms with Gasteiger partial charge < -0.3 is 10.1 Å². The average Bonchev–Trinajstić information content (AvgIpc) is 2.97. The van der Waals surface area contributed by atoms with Gasteiger partial charge in [0.25, 0.3) is 0 Å². The minimum atomic E-state index is -0.286. The Labute approximate surface area is 234 Å². The summed E-state index contributed by atoms with van der Waals surface area (Å²) in [5, 5.41) is 4.85. The van der Waals surface area contributed by atoms with E-state index >= 15 is 0 Å². The van der Waals surface area contributed by atoms with E-state index in [1.165, 1.54) is 5.56 Å². The highest BCUT2D eigenvalue weighted by Gasteiger charge is 2.28. The molecule has 0 fully saturated rings. The first kappa shape index (κ1) is 28.4. The summed E-state index contributed by atoms with van der Waals surface area (Å²) in [7, 11) is 0. The molecule has 1 aromatic heterocycles. The highest BCUT2D eigenvalue weighted by molar-refractivity contribution is 5.97. The number of ether oxygens (including phenoxy) is 1. The van der Waals surface area contributed by atoms with E-state index in [2.05, 4.69) is 117 Å². The van der Waals surface area contributed by atoms with E-state index in [0.717, 1.165) is 78.1 Å². The lowest BCUT2D eigenvalue weighted by Crippen LogP contribution is -2.37. The predicted molar refractivity (Wildman–Crippen MR) is 166 cm³/mol. The summed E-state index contributed by atoms with van der Waals surface area (Å²) in [6.07, 6.45) is 3.17. The maximum atomic E-state index is 6.72. The molecule has 3 aromatic carbocycles. The van der Waals surface area contributed by atoms with Gasteiger partial charge in [0.1, 0.15) is 12.3 Å². The Morgan fingerprint density at radius 3 is 2.10 bits per heavy atom. The van der Waals surface area contributed by atoms with Gasteiger partial charge >= 0.3 is 0 Å². The van der Waals surface area contributed by atoms with Gasteiger partial charge in [-0.05, 0) is 50.9 Å². The molecule has 0 saturated carbocycles. The van der Waals surface area contributed by atoms with Crippen LogP contribution in [-0.4, -0.2) is 36.1 Å². The Balaban J connectivity index is 1.81. The number of nitrogens with zero attached hydrogens (tertiary/aromatic N) is 2. The fourth-order valence-corrected chi connectivity index (χ4v) is 5.24. The fraction of sp³-hybridized carbons (Fsp3) is 0.343. The molecular formula is C35H43N3O. The first-order chi connectivity index (χ1) is 19.0. The van der Waals surface area contributed by atoms with Crippen LogP contribution in [0.3, 0.4) is 0 Å². The molecule has 204 valence electrons. The molecule has 0 saturated heterocycles. The molecule has 39 heavy (non-hydrogen) atoms. The van der Waals surface area contributed by atoms with Crippen molar-refractivity contribution in [1.82, 2.24) is 15.2 Å². The van der Waals surface area contributed by atoms with Crippen molar-refractivity contribution in [3.8, 4) is 17.0 Å². The molecule has 1 atom stereocenters. The third-order valence-corrected chi connectivity index (χ3v) is 7.48. The zero-order chi connectivity index (χ0) is 27.7. The number of nitrogens with one attached hydrogen (secondary N) is 1. The number of para-hydroxylation sites is 1. The normalized spacial score (nSPS) is 12.8. The van der Waals surface area contributed by atoms with Crippen molar-refractivity contribution < 1.29 is 4.74 Å². The summed E-state index contributed by atoms with van der Waals surface area (Å²) in [4.78, 5) is 7.61. The van der Waals surface area contributed by atoms with Crippen molar-refractivity contribution in [2.75, 3.05) is 26.2 Å². The molecule has 0 amide bonds. The number of rotatable bonds is 14. The molecule has 1 N–H and O–H groups in total. The molecule has 4 heteroatoms. The summed E-state index contributed by atoms with van der Waals surface area (Å²) in [6, 6.07) is 29.2. The Kier molecular flexibility index (Phi) is 9.78. The van der Waals surface area contributed by atoms with Gasteiger partial charge in [-0.1, -0.05) is 106 Å². The van der Waals surface area contributed by atoms with Crippen molar-refractivity contribution in [2.24, 2.45) is 0 Å². The lowest BCUT2D eigenvalue weighted by molar-refractivity contribution is 0.209. The lowest BCUT2D eigenvalue weighted by Gasteiger charge is -2.33. The van der Waals surface area contributed by atoms with Crippen LogP contribution in [0.1, 0.15) is 58.1 Å². The highest BCUT2D eigenvalue weighted by Crippen LogP contribution is 2.40. The summed E-state index contributed by atoms with van der Waals surface area (Å²) in [6.45, 7) is 17.1. The molecule has 0 aliphatic rings. The van der Waals surface area contributed by atoms with Crippen LogP contribution < -0.4 is 10.1 Å². The van der Waals surface area contributed by atoms with Gasteiger partial charge in [-0.15, -0.1) is 0 Å². The Bertz CT molecular complexity index is 1350. The van der Waals surface area contributed by atoms with E-state index in [0.29, 0.717) is 6.61 Å². The predicted octanol–water partition coefficient (Wildman–Crippen LogP) is 8.29. The first-order valence-corrected chi connectivity index (χ1v) is 14.4. The molecule has 0 spiro atoms. The third-order valence-electron chi connectivity index (χ3n) is 7.48. The van der Waals surface area contributed by atoms with E-state index in [9.17, 15) is 0 Å². The van der Waals surface area contributed by atoms with Crippen LogP contribution in [0.2, 0.25) is 0 Å². The SMILES string of the molecule is C=C(NC(C)(CC)c1ccccc1)c1c(OCCN(CCC)CCC)c(-c2ccccc2)nc2ccccc12. The van der Waals surface area contributed by atoms with E-state index in [1.54, 1.807) is 0 Å². The molecule has 4 aromatic rings. The number of aromatic nitrogens is 1. The molecule has 0 radical (unpaired) electrons. The summed E-state index contributed by atoms with van der Waals surface area (Å²) in [5.74, 6) is 0.789. The largest absolute Gasteiger partial charge is 0.489 e. The van der Waals surface area contributed by atoms with Gasteiger partial charge in [-0.25, -0.2) is 4.98 Å². The van der Waals surface area contributed by atoms with Crippen LogP contribution in [0.5, 0.6) is 5.75 Å². The van der Waals surface area contributed by atoms with Crippen LogP contribution >= 0.6 is 0 Å². The number of hydrogen-bond acceptors (Lipinski definition) is 4. The second-order valence-electron chi connectivity index (χ2n) is 10.4. The Morgan fingerprint density at radius 1 is 0.846 bits per heavy atom. The second-order valence-corrected chi connectivity index (χ2v) is 10.4. The molecule has 1 heterocycles. The van der Waals surface area contributed by atoms with Gasteiger partial charge in [0.05, 0.1) is 16.6 Å². The number of hydrogen-bond donors (Lipinski definition) is 1. The minimum absolute atomic E-state index is 0.286. The topological polar surface area (TPSA) is 37.4 Å². The number of benzene rings is 3. The van der Waals surface area contributed by atoms with Gasteiger partial charge in [-0.3, -0.25) is 4.90 Å². The van der Waals surface area contributed by atoms with Crippen molar-refractivity contribution >= 4 is 16.6 Å². The monoisotopic (exact) mass is 521 g/mol. The van der Waals surface area contributed by atoms with Crippen molar-refractivity contribution in [1.29, 1.82) is 0 Å². The number of fused-ring (bicyclic) bond motifs is 1. The van der Waals surface area contributed by atoms with Crippen molar-refractivity contribution in [3.05, 3.63) is 103 Å². The summed E-state index contributed by atoms with van der Waals surface area (Å²) in [5.41, 5.74) is 5.58. The van der Waals surface area contributed by atoms with Crippen LogP contribution in [0.4, 0.5) is 0 Å². The smallest absolute Gasteiger partial charge is 0.155 e. The standard InChI is InChI=1S/C35H43N3O/c1-6-23-38(24-7-2)25-26-39-34-32(27(4)37-35(5,8-3)29-19-13-10-14-20-29)30-21-15-16-22-31(30)36-33(34)28-17-11-9-12-18-28/h9-22,37H,4,6-8,23-26H2,1-3,5H3. The van der Waals surface area contributed by atoms with Gasteiger partial charge in [0, 0.05) is 23.2 Å². The van der Waals surface area contributed by atoms with Gasteiger partial charge in [0.15, 0.2) is 5.75 Å². The molecule has 0 aliphatic carbocycles. The minimum Gasteiger partial charge on any atom is -0.489 e. The summed E-state index contributed by atoms with van der Waals surface area (Å²) >= 11 is 0. The molecule has 1 unspecified atom stereocenters. The average molecular weight is 522 g/mol. The lowest BCUT2D eigenvalue weighted by atomic mass is 9.88. The van der Waals surface area contributed by atoms with Gasteiger partial charge in [0.2, 0.25) is 0 Å². The van der Waals surface area contributed by atoms with Gasteiger partial charge in [-0.2, -0.15) is 0 Å². The maximum Gasteiger partial charge on any atom is 0.155 e. The molecule has 4 nitrogen and oxygen atoms in total. The number of pyridine rings is 1. The van der Waals surface area contributed by atoms with E-state index in [4.69, 9.17) is 9.72 Å². The van der Waals surface area contributed by atoms with E-state index in [-0.39, 0.29) is 5.54 Å². The van der Waals surface area contributed by atoms with Crippen LogP contribution in [0.25, 0.3) is 27.9 Å². The summed E-state index contributed by atoms with van der Waals surface area (Å²) < 4.78 is 6.72. The molecular weight excluding hydrogens is 478 g/mol. The van der Waals surface area contributed by atoms with Crippen LogP contribution in [0, 0.1) is 0 Å². The maximum absolute atomic E-state index is 6.72. The van der Waals surface area contributed by atoms with Crippen LogP contribution in [-0.2, 0) is 5.54 Å². The van der Waals surface area contributed by atoms with Crippen molar-refractivity contribution in [2.45, 2.75) is 52.5 Å². The first-order valence-electron chi connectivity index (χ1n) is 14.4. The van der Waals surface area contributed by atoms with Crippen LogP contribution in [0.15, 0.2) is 91.5 Å². The second kappa shape index (κ2) is 13.4. The zero-order valence-corrected chi connectivity index (χ0v) is 24.0. The third kappa shape index (κ3) is 6.69. The van der Waals surface area contributed by atoms with E-state index in [1.807, 2.05) is 12.1 Å². The Hall–Kier alpha value is -3.63. The molecule has 0 bridgehead atoms. The quantitative estimate of drug-likeness (QED) is 0.181. The Morgan fingerprint density at radius 2 is 1.46 bits per heavy atom. The fourth-order valence-electron chi connectivity index (χ4n) is 5.24. The molecule has 4 rings (SSSR count). The van der Waals surface area contributed by atoms with Crippen molar-refractivity contribution in [3.63, 3.8) is 0 Å². The highest BCUT2D eigenvalue weighted by atomic mass is 16.5. The zero-order valence-electron chi connectivity index (χ0n) is 24.0. The molecule has 0 aliphatic heterocycles. The van der Waals surface area contributed by atoms with E-state index < -0.39 is 0 Å².